The zero-order valence-electron chi connectivity index (χ0n) is 16.8. The maximum Gasteiger partial charge on any atom is 0.271 e. The number of halogens is 1. The third-order valence-electron chi connectivity index (χ3n) is 4.48. The number of hydrogen-bond donors (Lipinski definition) is 2. The Morgan fingerprint density at radius 3 is 2.59 bits per heavy atom. The number of aromatic nitrogens is 3. The Morgan fingerprint density at radius 1 is 1.09 bits per heavy atom. The number of nitrogens with zero attached hydrogens (tertiary/aromatic N) is 6. The summed E-state index contributed by atoms with van der Waals surface area (Å²) in [6, 6.07) is 11.9. The Labute approximate surface area is 182 Å². The first-order chi connectivity index (χ1) is 15.6. The summed E-state index contributed by atoms with van der Waals surface area (Å²) in [6.45, 7) is 2.31. The Bertz CT molecular complexity index is 1120. The smallest absolute Gasteiger partial charge is 0.271 e. The summed E-state index contributed by atoms with van der Waals surface area (Å²) in [5.74, 6) is 0.449. The molecule has 1 saturated heterocycles. The minimum atomic E-state index is -0.477. The van der Waals surface area contributed by atoms with Gasteiger partial charge >= 0.3 is 0 Å². The van der Waals surface area contributed by atoms with Gasteiger partial charge in [0.2, 0.25) is 17.8 Å². The highest BCUT2D eigenvalue weighted by Gasteiger charge is 2.17. The van der Waals surface area contributed by atoms with E-state index in [1.165, 1.54) is 30.5 Å². The van der Waals surface area contributed by atoms with Crippen molar-refractivity contribution >= 4 is 35.4 Å². The summed E-state index contributed by atoms with van der Waals surface area (Å²) in [5, 5.41) is 18.1. The quantitative estimate of drug-likeness (QED) is 0.325. The van der Waals surface area contributed by atoms with E-state index in [2.05, 4.69) is 30.8 Å². The van der Waals surface area contributed by atoms with Crippen LogP contribution in [0, 0.1) is 15.9 Å². The van der Waals surface area contributed by atoms with E-state index in [9.17, 15) is 14.5 Å². The molecule has 3 aromatic rings. The lowest BCUT2D eigenvalue weighted by molar-refractivity contribution is -0.384. The number of anilines is 4. The van der Waals surface area contributed by atoms with Gasteiger partial charge in [-0.15, -0.1) is 0 Å². The Balaban J connectivity index is 1.58. The summed E-state index contributed by atoms with van der Waals surface area (Å²) in [7, 11) is 0. The SMILES string of the molecule is O=[N+]([O-])c1cccc(Nc2nc(N/N=C/c3ccc(F)cc3)nc(N3CCOCC3)n2)c1. The largest absolute Gasteiger partial charge is 0.378 e. The van der Waals surface area contributed by atoms with Gasteiger partial charge in [-0.1, -0.05) is 18.2 Å². The van der Waals surface area contributed by atoms with Crippen LogP contribution in [0.5, 0.6) is 0 Å². The molecule has 1 aromatic heterocycles. The molecule has 0 atom stereocenters. The number of morpholine rings is 1. The van der Waals surface area contributed by atoms with Crippen molar-refractivity contribution in [1.82, 2.24) is 15.0 Å². The molecular weight excluding hydrogens is 419 g/mol. The first-order valence-electron chi connectivity index (χ1n) is 9.72. The first-order valence-corrected chi connectivity index (χ1v) is 9.72. The lowest BCUT2D eigenvalue weighted by atomic mass is 10.2. The van der Waals surface area contributed by atoms with E-state index in [-0.39, 0.29) is 23.4 Å². The van der Waals surface area contributed by atoms with Crippen LogP contribution in [-0.2, 0) is 4.74 Å². The van der Waals surface area contributed by atoms with E-state index in [0.29, 0.717) is 43.5 Å². The highest BCUT2D eigenvalue weighted by atomic mass is 19.1. The van der Waals surface area contributed by atoms with E-state index >= 15 is 0 Å². The van der Waals surface area contributed by atoms with Crippen LogP contribution in [0.25, 0.3) is 0 Å². The average molecular weight is 438 g/mol. The Hall–Kier alpha value is -4.19. The van der Waals surface area contributed by atoms with Gasteiger partial charge in [0.15, 0.2) is 0 Å². The molecule has 2 N–H and O–H groups in total. The van der Waals surface area contributed by atoms with E-state index in [0.717, 1.165) is 0 Å². The van der Waals surface area contributed by atoms with Crippen molar-refractivity contribution in [1.29, 1.82) is 0 Å². The van der Waals surface area contributed by atoms with E-state index < -0.39 is 4.92 Å². The molecule has 0 amide bonds. The van der Waals surface area contributed by atoms with Gasteiger partial charge in [0, 0.05) is 30.9 Å². The molecule has 32 heavy (non-hydrogen) atoms. The molecule has 0 aliphatic carbocycles. The van der Waals surface area contributed by atoms with Gasteiger partial charge in [0.05, 0.1) is 24.4 Å². The summed E-state index contributed by atoms with van der Waals surface area (Å²) in [6.07, 6.45) is 1.51. The van der Waals surface area contributed by atoms with Crippen LogP contribution >= 0.6 is 0 Å². The molecule has 1 fully saturated rings. The van der Waals surface area contributed by atoms with Crippen LogP contribution in [0.1, 0.15) is 5.56 Å². The average Bonchev–Trinajstić information content (AvgIpc) is 2.81. The molecule has 2 heterocycles. The van der Waals surface area contributed by atoms with Crippen LogP contribution in [0.2, 0.25) is 0 Å². The fraction of sp³-hybridized carbons (Fsp3) is 0.200. The van der Waals surface area contributed by atoms with Crippen molar-refractivity contribution in [2.45, 2.75) is 0 Å². The maximum atomic E-state index is 13.0. The number of ether oxygens (including phenoxy) is 1. The summed E-state index contributed by atoms with van der Waals surface area (Å²) < 4.78 is 18.4. The maximum absolute atomic E-state index is 13.0. The molecule has 1 aliphatic heterocycles. The number of hydrazone groups is 1. The van der Waals surface area contributed by atoms with Crippen LogP contribution in [0.3, 0.4) is 0 Å². The van der Waals surface area contributed by atoms with E-state index in [4.69, 9.17) is 4.74 Å². The minimum Gasteiger partial charge on any atom is -0.378 e. The molecule has 0 radical (unpaired) electrons. The zero-order chi connectivity index (χ0) is 22.3. The molecule has 2 aromatic carbocycles. The lowest BCUT2D eigenvalue weighted by Gasteiger charge is -2.27. The molecule has 11 nitrogen and oxygen atoms in total. The molecule has 1 aliphatic rings. The van der Waals surface area contributed by atoms with Crippen molar-refractivity contribution in [3.05, 3.63) is 70.0 Å². The van der Waals surface area contributed by atoms with Crippen molar-refractivity contribution in [2.24, 2.45) is 5.10 Å². The third-order valence-corrected chi connectivity index (χ3v) is 4.48. The first kappa shape index (κ1) is 21.1. The van der Waals surface area contributed by atoms with Gasteiger partial charge in [-0.05, 0) is 23.8 Å². The summed E-state index contributed by atoms with van der Waals surface area (Å²) in [4.78, 5) is 25.7. The van der Waals surface area contributed by atoms with Gasteiger partial charge in [-0.2, -0.15) is 20.1 Å². The Morgan fingerprint density at radius 2 is 1.84 bits per heavy atom. The van der Waals surface area contributed by atoms with Crippen molar-refractivity contribution in [3.8, 4) is 0 Å². The summed E-state index contributed by atoms with van der Waals surface area (Å²) >= 11 is 0. The van der Waals surface area contributed by atoms with Crippen LogP contribution in [0.15, 0.2) is 53.6 Å². The molecule has 12 heteroatoms. The number of rotatable bonds is 7. The number of nitro benzene ring substituents is 1. The van der Waals surface area contributed by atoms with Gasteiger partial charge in [-0.3, -0.25) is 10.1 Å². The number of nitro groups is 1. The molecule has 0 unspecified atom stereocenters. The van der Waals surface area contributed by atoms with Crippen molar-refractivity contribution < 1.29 is 14.1 Å². The predicted molar refractivity (Wildman–Crippen MR) is 117 cm³/mol. The number of hydrogen-bond acceptors (Lipinski definition) is 10. The normalized spacial score (nSPS) is 13.8. The number of non-ortho nitro benzene ring substituents is 1. The molecule has 164 valence electrons. The van der Waals surface area contributed by atoms with E-state index in [1.54, 1.807) is 24.3 Å². The van der Waals surface area contributed by atoms with Crippen molar-refractivity contribution in [2.75, 3.05) is 41.9 Å². The second-order valence-corrected chi connectivity index (χ2v) is 6.74. The molecule has 0 spiro atoms. The van der Waals surface area contributed by atoms with E-state index in [1.807, 2.05) is 4.90 Å². The third kappa shape index (κ3) is 5.49. The van der Waals surface area contributed by atoms with Crippen LogP contribution in [-0.4, -0.2) is 52.4 Å². The standard InChI is InChI=1S/C20H19FN8O3/c21-15-6-4-14(5-7-15)13-22-27-19-24-18(23-16-2-1-3-17(12-16)29(30)31)25-20(26-19)28-8-10-32-11-9-28/h1-7,12-13H,8-11H2,(H2,23,24,25,26,27)/b22-13+. The second-order valence-electron chi connectivity index (χ2n) is 6.74. The van der Waals surface area contributed by atoms with Gasteiger partial charge < -0.3 is 15.0 Å². The van der Waals surface area contributed by atoms with Gasteiger partial charge in [0.1, 0.15) is 5.82 Å². The highest BCUT2D eigenvalue weighted by Crippen LogP contribution is 2.22. The lowest BCUT2D eigenvalue weighted by Crippen LogP contribution is -2.37. The van der Waals surface area contributed by atoms with Crippen LogP contribution < -0.4 is 15.6 Å². The second kappa shape index (κ2) is 9.75. The minimum absolute atomic E-state index is 0.0558. The van der Waals surface area contributed by atoms with Crippen molar-refractivity contribution in [3.63, 3.8) is 0 Å². The molecule has 0 saturated carbocycles. The topological polar surface area (TPSA) is 131 Å². The number of nitrogens with one attached hydrogen (secondary N) is 2. The zero-order valence-corrected chi connectivity index (χ0v) is 16.8. The predicted octanol–water partition coefficient (Wildman–Crippen LogP) is 2.95. The van der Waals surface area contributed by atoms with Crippen LogP contribution in [0.4, 0.5) is 33.6 Å². The molecule has 4 rings (SSSR count). The summed E-state index contributed by atoms with van der Waals surface area (Å²) in [5.41, 5.74) is 3.84. The fourth-order valence-electron chi connectivity index (χ4n) is 2.92. The molecule has 0 bridgehead atoms. The van der Waals surface area contributed by atoms with Gasteiger partial charge in [0.25, 0.3) is 5.69 Å². The highest BCUT2D eigenvalue weighted by molar-refractivity contribution is 5.79. The Kier molecular flexibility index (Phi) is 6.41. The van der Waals surface area contributed by atoms with Gasteiger partial charge in [-0.25, -0.2) is 9.82 Å². The fourth-order valence-corrected chi connectivity index (χ4v) is 2.92. The monoisotopic (exact) mass is 438 g/mol. The number of benzene rings is 2. The molecular formula is C20H19FN8O3.